The van der Waals surface area contributed by atoms with Crippen molar-refractivity contribution >= 4 is 35.1 Å². The number of phenolic OH excluding ortho intramolecular Hbond substituents is 2. The fourth-order valence-corrected chi connectivity index (χ4v) is 9.44. The van der Waals surface area contributed by atoms with Crippen LogP contribution in [0.5, 0.6) is 17.2 Å². The lowest BCUT2D eigenvalue weighted by Crippen LogP contribution is -2.58. The lowest BCUT2D eigenvalue weighted by molar-refractivity contribution is -0.325. The first-order valence-corrected chi connectivity index (χ1v) is 21.3. The number of fused-ring (bicyclic) bond motifs is 3. The van der Waals surface area contributed by atoms with Gasteiger partial charge >= 0.3 is 11.9 Å². The molecule has 2 aromatic carbocycles. The van der Waals surface area contributed by atoms with E-state index < -0.39 is 145 Å². The van der Waals surface area contributed by atoms with Crippen molar-refractivity contribution in [3.05, 3.63) is 51.6 Å². The smallest absolute Gasteiger partial charge is 0.303 e. The summed E-state index contributed by atoms with van der Waals surface area (Å²) in [6, 6.07) is 3.90. The lowest BCUT2D eigenvalue weighted by atomic mass is 9.72. The van der Waals surface area contributed by atoms with E-state index in [1.807, 2.05) is 19.0 Å². The molecule has 2 aliphatic carbocycles. The van der Waals surface area contributed by atoms with Gasteiger partial charge in [-0.1, -0.05) is 12.1 Å². The Bertz CT molecular complexity index is 2210. The van der Waals surface area contributed by atoms with Gasteiger partial charge in [-0.25, -0.2) is 0 Å². The molecule has 0 spiro atoms. The van der Waals surface area contributed by atoms with Crippen molar-refractivity contribution < 1.29 is 86.7 Å². The minimum absolute atomic E-state index is 0.0286. The van der Waals surface area contributed by atoms with Gasteiger partial charge in [0.15, 0.2) is 37.0 Å². The number of carbonyl (C=O) groups excluding carboxylic acids is 6. The van der Waals surface area contributed by atoms with E-state index in [1.54, 1.807) is 20.8 Å². The van der Waals surface area contributed by atoms with Crippen LogP contribution in [0, 0.1) is 0 Å². The van der Waals surface area contributed by atoms with Crippen molar-refractivity contribution in [2.75, 3.05) is 27.8 Å². The number of carbonyl (C=O) groups is 6. The predicted molar refractivity (Wildman–Crippen MR) is 218 cm³/mol. The Morgan fingerprint density at radius 3 is 2.12 bits per heavy atom. The molecule has 3 aliphatic heterocycles. The van der Waals surface area contributed by atoms with Crippen LogP contribution in [0.25, 0.3) is 0 Å². The van der Waals surface area contributed by atoms with Crippen LogP contribution in [0.15, 0.2) is 18.2 Å². The molecule has 348 valence electrons. The maximum atomic E-state index is 14.2. The molecule has 3 heterocycles. The van der Waals surface area contributed by atoms with Gasteiger partial charge in [-0.15, -0.1) is 0 Å². The first kappa shape index (κ1) is 47.1. The highest BCUT2D eigenvalue weighted by atomic mass is 16.7. The molecule has 0 saturated carbocycles. The zero-order chi connectivity index (χ0) is 46.5. The van der Waals surface area contributed by atoms with Gasteiger partial charge in [0, 0.05) is 75.1 Å². The maximum absolute atomic E-state index is 14.2. The summed E-state index contributed by atoms with van der Waals surface area (Å²) < 4.78 is 53.8. The number of likely N-dealkylation sites (N-methyl/N-ethyl adjacent to an activating group) is 1. The van der Waals surface area contributed by atoms with Gasteiger partial charge < -0.3 is 62.9 Å². The predicted octanol–water partition coefficient (Wildman–Crippen LogP) is 2.75. The van der Waals surface area contributed by atoms with E-state index >= 15 is 0 Å². The normalized spacial score (nSPS) is 32.6. The van der Waals surface area contributed by atoms with Crippen molar-refractivity contribution in [1.82, 2.24) is 4.90 Å². The van der Waals surface area contributed by atoms with Crippen LogP contribution in [-0.4, -0.2) is 150 Å². The first-order valence-electron chi connectivity index (χ1n) is 21.3. The summed E-state index contributed by atoms with van der Waals surface area (Å²) in [6.45, 7) is 6.71. The molecule has 2 aromatic rings. The molecule has 0 bridgehead atoms. The zero-order valence-corrected chi connectivity index (χ0v) is 36.9. The van der Waals surface area contributed by atoms with Gasteiger partial charge in [-0.05, 0) is 40.9 Å². The molecule has 7 rings (SSSR count). The average Bonchev–Trinajstić information content (AvgIpc) is 3.22. The van der Waals surface area contributed by atoms with Crippen LogP contribution >= 0.6 is 0 Å². The van der Waals surface area contributed by atoms with Crippen LogP contribution in [0.3, 0.4) is 0 Å². The van der Waals surface area contributed by atoms with Crippen LogP contribution in [-0.2, 0) is 63.5 Å². The lowest BCUT2D eigenvalue weighted by Gasteiger charge is -2.47. The molecular weight excluding hydrogens is 842 g/mol. The highest BCUT2D eigenvalue weighted by Crippen LogP contribution is 2.53. The molecule has 64 heavy (non-hydrogen) atoms. The molecule has 12 unspecified atom stereocenters. The van der Waals surface area contributed by atoms with Crippen molar-refractivity contribution in [2.45, 2.75) is 146 Å². The zero-order valence-electron chi connectivity index (χ0n) is 36.9. The molecule has 19 heteroatoms. The number of hydrogen-bond acceptors (Lipinski definition) is 19. The third kappa shape index (κ3) is 9.04. The van der Waals surface area contributed by atoms with Crippen molar-refractivity contribution in [3.63, 3.8) is 0 Å². The highest BCUT2D eigenvalue weighted by molar-refractivity contribution is 6.31. The number of methoxy groups -OCH3 is 1. The number of phenols is 2. The Morgan fingerprint density at radius 1 is 0.828 bits per heavy atom. The number of esters is 2. The van der Waals surface area contributed by atoms with E-state index in [4.69, 9.17) is 42.6 Å². The second kappa shape index (κ2) is 18.6. The molecule has 3 saturated heterocycles. The molecule has 3 fully saturated rings. The van der Waals surface area contributed by atoms with E-state index in [1.165, 1.54) is 32.2 Å². The van der Waals surface area contributed by atoms with Crippen molar-refractivity contribution in [2.24, 2.45) is 0 Å². The van der Waals surface area contributed by atoms with Gasteiger partial charge in [0.2, 0.25) is 11.6 Å². The Morgan fingerprint density at radius 2 is 1.48 bits per heavy atom. The molecule has 19 nitrogen and oxygen atoms in total. The van der Waals surface area contributed by atoms with E-state index in [0.29, 0.717) is 6.42 Å². The Balaban J connectivity index is 1.16. The Hall–Kier alpha value is -4.86. The summed E-state index contributed by atoms with van der Waals surface area (Å²) in [6.07, 6.45) is -8.76. The van der Waals surface area contributed by atoms with Gasteiger partial charge in [-0.3, -0.25) is 28.8 Å². The van der Waals surface area contributed by atoms with Gasteiger partial charge in [0.25, 0.3) is 0 Å². The number of hydrogen-bond donors (Lipinski definition) is 3. The second-order valence-corrected chi connectivity index (χ2v) is 17.2. The SMILES string of the molecule is COc1cccc2c1C(=O)c1c(O)c3c(c(O)c1C2=O)CC(O)(C(=O)COC(C)=O)CC3OC1CC(N(C)C)C(OC2CC(OC(C)=O)C(OC3CCC(=O)C(C)O3)C(C)O2)C(C)O1. The van der Waals surface area contributed by atoms with Crippen molar-refractivity contribution in [3.8, 4) is 17.2 Å². The Kier molecular flexibility index (Phi) is 13.7. The largest absolute Gasteiger partial charge is 0.507 e. The van der Waals surface area contributed by atoms with E-state index in [-0.39, 0.29) is 53.0 Å². The number of Topliss-reactive ketones (excluding diaryl/α,β-unsaturated/α-hetero) is 2. The van der Waals surface area contributed by atoms with Crippen LogP contribution in [0.4, 0.5) is 0 Å². The molecule has 0 radical (unpaired) electrons. The quantitative estimate of drug-likeness (QED) is 0.175. The van der Waals surface area contributed by atoms with Crippen molar-refractivity contribution in [1.29, 1.82) is 0 Å². The van der Waals surface area contributed by atoms with E-state index in [9.17, 15) is 44.1 Å². The third-order valence-corrected chi connectivity index (χ3v) is 12.6. The summed E-state index contributed by atoms with van der Waals surface area (Å²) in [5.74, 6) is -5.26. The van der Waals surface area contributed by atoms with E-state index in [0.717, 1.165) is 6.92 Å². The molecule has 3 N–H and O–H groups in total. The van der Waals surface area contributed by atoms with Gasteiger partial charge in [0.05, 0.1) is 42.1 Å². The molecule has 0 aromatic heterocycles. The second-order valence-electron chi connectivity index (χ2n) is 17.2. The average molecular weight is 898 g/mol. The summed E-state index contributed by atoms with van der Waals surface area (Å²) in [7, 11) is 4.95. The highest BCUT2D eigenvalue weighted by Gasteiger charge is 2.52. The Labute approximate surface area is 369 Å². The summed E-state index contributed by atoms with van der Waals surface area (Å²) in [5, 5.41) is 35.9. The number of benzene rings is 2. The molecule has 12 atom stereocenters. The fraction of sp³-hybridized carbons (Fsp3) is 0.600. The maximum Gasteiger partial charge on any atom is 0.303 e. The number of aromatic hydroxyl groups is 2. The number of aliphatic hydroxyl groups is 1. The van der Waals surface area contributed by atoms with Crippen LogP contribution < -0.4 is 4.74 Å². The number of nitrogens with zero attached hydrogens (tertiary/aromatic N) is 1. The first-order chi connectivity index (χ1) is 30.2. The number of ether oxygens (including phenoxy) is 9. The minimum atomic E-state index is -2.35. The van der Waals surface area contributed by atoms with E-state index in [2.05, 4.69) is 0 Å². The monoisotopic (exact) mass is 897 g/mol. The molecule has 0 amide bonds. The van der Waals surface area contributed by atoms with Crippen LogP contribution in [0.2, 0.25) is 0 Å². The summed E-state index contributed by atoms with van der Waals surface area (Å²) in [5.41, 5.74) is -3.94. The summed E-state index contributed by atoms with van der Waals surface area (Å²) >= 11 is 0. The minimum Gasteiger partial charge on any atom is -0.507 e. The molecule has 5 aliphatic rings. The van der Waals surface area contributed by atoms with Gasteiger partial charge in [-0.2, -0.15) is 0 Å². The standard InChI is InChI=1S/C45H55NO18/c1-19-27(49)12-13-32(58-19)63-44-21(3)60-34(15-29(44)61-23(5)48)64-43-20(2)59-33(14-26(43)46(6)7)62-30-17-45(55,31(50)18-57-22(4)47)16-25-36(30)42(54)38-37(40(25)52)39(51)24-10-9-11-28(56-8)35(24)41(38)53/h9-11,19-21,26,29-30,32-34,43-44,52,54-55H,12-18H2,1-8H3. The topological polar surface area (TPSA) is 249 Å². The fourth-order valence-electron chi connectivity index (χ4n) is 9.44. The molecular formula is C45H55NO18. The number of rotatable bonds is 12. The third-order valence-electron chi connectivity index (χ3n) is 12.6. The van der Waals surface area contributed by atoms with Crippen LogP contribution in [0.1, 0.15) is 116 Å². The number of ketones is 4. The summed E-state index contributed by atoms with van der Waals surface area (Å²) in [4.78, 5) is 79.6. The van der Waals surface area contributed by atoms with Gasteiger partial charge in [0.1, 0.15) is 47.3 Å².